The van der Waals surface area contributed by atoms with Crippen molar-refractivity contribution in [2.24, 2.45) is 5.92 Å². The Balaban J connectivity index is 1.58. The number of likely N-dealkylation sites (tertiary alicyclic amines) is 1. The number of anilines is 1. The smallest absolute Gasteiger partial charge is 0.252 e. The van der Waals surface area contributed by atoms with E-state index in [1.54, 1.807) is 7.11 Å². The van der Waals surface area contributed by atoms with Crippen LogP contribution in [0.25, 0.3) is 0 Å². The highest BCUT2D eigenvalue weighted by molar-refractivity contribution is 5.81. The molecular formula is C17H24N2O2. The first-order valence-corrected chi connectivity index (χ1v) is 7.91. The van der Waals surface area contributed by atoms with E-state index >= 15 is 0 Å². The summed E-state index contributed by atoms with van der Waals surface area (Å²) in [5.41, 5.74) is 1.13. The van der Waals surface area contributed by atoms with E-state index in [-0.39, 0.29) is 12.0 Å². The second-order valence-corrected chi connectivity index (χ2v) is 6.13. The summed E-state index contributed by atoms with van der Waals surface area (Å²) in [6, 6.07) is 10.6. The number of ether oxygens (including phenoxy) is 1. The van der Waals surface area contributed by atoms with Gasteiger partial charge in [-0.3, -0.25) is 4.79 Å². The van der Waals surface area contributed by atoms with E-state index in [9.17, 15) is 4.79 Å². The number of amides is 1. The molecule has 1 heterocycles. The van der Waals surface area contributed by atoms with Gasteiger partial charge in [-0.2, -0.15) is 0 Å². The van der Waals surface area contributed by atoms with Gasteiger partial charge in [0.15, 0.2) is 0 Å². The molecule has 1 N–H and O–H groups in total. The lowest BCUT2D eigenvalue weighted by Crippen LogP contribution is -2.49. The number of carbonyl (C=O) groups is 1. The van der Waals surface area contributed by atoms with Crippen molar-refractivity contribution in [2.45, 2.75) is 37.8 Å². The third-order valence-electron chi connectivity index (χ3n) is 4.43. The topological polar surface area (TPSA) is 41.6 Å². The maximum Gasteiger partial charge on any atom is 0.252 e. The van der Waals surface area contributed by atoms with Gasteiger partial charge < -0.3 is 15.0 Å². The molecule has 0 unspecified atom stereocenters. The predicted octanol–water partition coefficient (Wildman–Crippen LogP) is 2.51. The number of hydrogen-bond acceptors (Lipinski definition) is 3. The number of hydrogen-bond donors (Lipinski definition) is 1. The van der Waals surface area contributed by atoms with Gasteiger partial charge in [-0.05, 0) is 43.7 Å². The van der Waals surface area contributed by atoms with Crippen LogP contribution < -0.4 is 5.32 Å². The van der Waals surface area contributed by atoms with Crippen molar-refractivity contribution in [3.8, 4) is 0 Å². The van der Waals surface area contributed by atoms with Crippen molar-refractivity contribution in [3.05, 3.63) is 30.3 Å². The molecule has 1 aromatic carbocycles. The zero-order valence-corrected chi connectivity index (χ0v) is 12.6. The van der Waals surface area contributed by atoms with Crippen LogP contribution >= 0.6 is 0 Å². The maximum atomic E-state index is 12.6. The minimum Gasteiger partial charge on any atom is -0.381 e. The van der Waals surface area contributed by atoms with Crippen LogP contribution in [0.4, 0.5) is 5.69 Å². The molecule has 0 spiro atoms. The molecule has 114 valence electrons. The Kier molecular flexibility index (Phi) is 4.44. The number of rotatable bonds is 5. The van der Waals surface area contributed by atoms with Gasteiger partial charge in [-0.25, -0.2) is 0 Å². The number of methoxy groups -OCH3 is 1. The fourth-order valence-corrected chi connectivity index (χ4v) is 3.14. The molecule has 2 fully saturated rings. The van der Waals surface area contributed by atoms with Gasteiger partial charge in [0.1, 0.15) is 6.10 Å². The molecule has 1 amide bonds. The molecule has 3 rings (SSSR count). The Morgan fingerprint density at radius 2 is 2.05 bits per heavy atom. The first-order chi connectivity index (χ1) is 10.3. The van der Waals surface area contributed by atoms with Crippen LogP contribution in [-0.2, 0) is 9.53 Å². The summed E-state index contributed by atoms with van der Waals surface area (Å²) in [7, 11) is 1.66. The van der Waals surface area contributed by atoms with Crippen LogP contribution in [0.2, 0.25) is 0 Å². The average Bonchev–Trinajstić information content (AvgIpc) is 3.34. The van der Waals surface area contributed by atoms with Gasteiger partial charge in [-0.15, -0.1) is 0 Å². The quantitative estimate of drug-likeness (QED) is 0.905. The van der Waals surface area contributed by atoms with Crippen molar-refractivity contribution >= 4 is 11.6 Å². The lowest BCUT2D eigenvalue weighted by molar-refractivity contribution is -0.144. The Morgan fingerprint density at radius 3 is 2.71 bits per heavy atom. The van der Waals surface area contributed by atoms with E-state index in [4.69, 9.17) is 4.74 Å². The second-order valence-electron chi connectivity index (χ2n) is 6.13. The maximum absolute atomic E-state index is 12.6. The molecule has 1 aliphatic carbocycles. The minimum atomic E-state index is -0.222. The number of piperidine rings is 1. The largest absolute Gasteiger partial charge is 0.381 e. The van der Waals surface area contributed by atoms with Crippen molar-refractivity contribution in [1.82, 2.24) is 4.90 Å². The third-order valence-corrected chi connectivity index (χ3v) is 4.43. The number of nitrogens with zero attached hydrogens (tertiary/aromatic N) is 1. The molecule has 4 nitrogen and oxygen atoms in total. The Morgan fingerprint density at radius 1 is 1.29 bits per heavy atom. The lowest BCUT2D eigenvalue weighted by atomic mass is 10.0. The highest BCUT2D eigenvalue weighted by Crippen LogP contribution is 2.35. The molecule has 1 saturated heterocycles. The van der Waals surface area contributed by atoms with Crippen molar-refractivity contribution in [2.75, 3.05) is 25.5 Å². The van der Waals surface area contributed by atoms with Crippen molar-refractivity contribution < 1.29 is 9.53 Å². The summed E-state index contributed by atoms with van der Waals surface area (Å²) < 4.78 is 5.43. The number of carbonyl (C=O) groups excluding carboxylic acids is 1. The fraction of sp³-hybridized carbons (Fsp3) is 0.588. The lowest BCUT2D eigenvalue weighted by Gasteiger charge is -2.35. The summed E-state index contributed by atoms with van der Waals surface area (Å²) in [6.45, 7) is 1.64. The molecule has 0 aromatic heterocycles. The van der Waals surface area contributed by atoms with Gasteiger partial charge in [0, 0.05) is 31.9 Å². The Hall–Kier alpha value is -1.55. The molecule has 0 radical (unpaired) electrons. The molecule has 21 heavy (non-hydrogen) atoms. The van der Waals surface area contributed by atoms with Crippen LogP contribution in [-0.4, -0.2) is 43.2 Å². The third kappa shape index (κ3) is 3.56. The standard InChI is InChI=1S/C17H24N2O2/c1-21-16(13-9-10-13)17(20)19-11-5-8-15(12-19)18-14-6-3-2-4-7-14/h2-4,6-7,13,15-16,18H,5,8-12H2,1H3/t15-,16-/m0/s1. The zero-order chi connectivity index (χ0) is 14.7. The SMILES string of the molecule is CO[C@H](C(=O)N1CCC[C@H](Nc2ccccc2)C1)C1CC1. The van der Waals surface area contributed by atoms with E-state index < -0.39 is 0 Å². The normalized spacial score (nSPS) is 23.7. The highest BCUT2D eigenvalue weighted by Gasteiger charge is 2.39. The summed E-state index contributed by atoms with van der Waals surface area (Å²) in [5, 5.41) is 3.53. The first kappa shape index (κ1) is 14.4. The van der Waals surface area contributed by atoms with E-state index in [2.05, 4.69) is 17.4 Å². The molecular weight excluding hydrogens is 264 g/mol. The number of para-hydroxylation sites is 1. The monoisotopic (exact) mass is 288 g/mol. The van der Waals surface area contributed by atoms with E-state index in [0.717, 1.165) is 44.5 Å². The molecule has 4 heteroatoms. The van der Waals surface area contributed by atoms with Crippen LogP contribution in [0.15, 0.2) is 30.3 Å². The zero-order valence-electron chi connectivity index (χ0n) is 12.6. The first-order valence-electron chi connectivity index (χ1n) is 7.91. The average molecular weight is 288 g/mol. The van der Waals surface area contributed by atoms with Gasteiger partial charge in [0.25, 0.3) is 5.91 Å². The Bertz CT molecular complexity index is 473. The van der Waals surface area contributed by atoms with Gasteiger partial charge in [0.05, 0.1) is 0 Å². The minimum absolute atomic E-state index is 0.180. The Labute approximate surface area is 126 Å². The van der Waals surface area contributed by atoms with Gasteiger partial charge in [0.2, 0.25) is 0 Å². The molecule has 1 aliphatic heterocycles. The van der Waals surface area contributed by atoms with Crippen LogP contribution in [0.3, 0.4) is 0 Å². The van der Waals surface area contributed by atoms with E-state index in [1.165, 1.54) is 0 Å². The summed E-state index contributed by atoms with van der Waals surface area (Å²) in [4.78, 5) is 14.6. The van der Waals surface area contributed by atoms with Crippen molar-refractivity contribution in [1.29, 1.82) is 0 Å². The van der Waals surface area contributed by atoms with Crippen molar-refractivity contribution in [3.63, 3.8) is 0 Å². The van der Waals surface area contributed by atoms with Gasteiger partial charge >= 0.3 is 0 Å². The predicted molar refractivity (Wildman–Crippen MR) is 83.2 cm³/mol. The summed E-state index contributed by atoms with van der Waals surface area (Å²) in [5.74, 6) is 0.629. The van der Waals surface area contributed by atoms with E-state index in [0.29, 0.717) is 12.0 Å². The van der Waals surface area contributed by atoms with Crippen LogP contribution in [0.1, 0.15) is 25.7 Å². The number of nitrogens with one attached hydrogen (secondary N) is 1. The molecule has 1 saturated carbocycles. The second kappa shape index (κ2) is 6.48. The number of benzene rings is 1. The molecule has 0 bridgehead atoms. The van der Waals surface area contributed by atoms with Crippen LogP contribution in [0.5, 0.6) is 0 Å². The summed E-state index contributed by atoms with van der Waals surface area (Å²) in [6.07, 6.45) is 4.20. The van der Waals surface area contributed by atoms with Gasteiger partial charge in [-0.1, -0.05) is 18.2 Å². The summed E-state index contributed by atoms with van der Waals surface area (Å²) >= 11 is 0. The molecule has 2 aliphatic rings. The van der Waals surface area contributed by atoms with E-state index in [1.807, 2.05) is 23.1 Å². The molecule has 1 aromatic rings. The fourth-order valence-electron chi connectivity index (χ4n) is 3.14. The highest BCUT2D eigenvalue weighted by atomic mass is 16.5. The molecule has 2 atom stereocenters. The van der Waals surface area contributed by atoms with Crippen LogP contribution in [0, 0.1) is 5.92 Å².